The summed E-state index contributed by atoms with van der Waals surface area (Å²) in [6, 6.07) is 2.30. The fraction of sp³-hybridized carbons (Fsp3) is 0.300. The van der Waals surface area contributed by atoms with E-state index >= 15 is 0 Å². The van der Waals surface area contributed by atoms with Crippen LogP contribution in [0.1, 0.15) is 6.92 Å². The minimum atomic E-state index is -0.610. The third-order valence-electron chi connectivity index (χ3n) is 1.83. The molecule has 0 unspecified atom stereocenters. The molecule has 3 N–H and O–H groups in total. The van der Waals surface area contributed by atoms with Gasteiger partial charge in [-0.1, -0.05) is 11.6 Å². The average molecular weight is 263 g/mol. The molecule has 17 heavy (non-hydrogen) atoms. The molecule has 0 spiro atoms. The molecule has 0 aliphatic heterocycles. The Morgan fingerprint density at radius 3 is 2.88 bits per heavy atom. The lowest BCUT2D eigenvalue weighted by Gasteiger charge is -2.10. The predicted octanol–water partition coefficient (Wildman–Crippen LogP) is 1.71. The van der Waals surface area contributed by atoms with Crippen molar-refractivity contribution >= 4 is 23.3 Å². The number of nitrogens with one attached hydrogen (secondary N) is 1. The summed E-state index contributed by atoms with van der Waals surface area (Å²) in [4.78, 5) is 11.0. The molecule has 1 rings (SSSR count). The van der Waals surface area contributed by atoms with Gasteiger partial charge >= 0.3 is 5.97 Å². The van der Waals surface area contributed by atoms with Gasteiger partial charge in [0.1, 0.15) is 11.6 Å². The molecular formula is C10H12ClFN2O3. The van der Waals surface area contributed by atoms with Gasteiger partial charge in [0.15, 0.2) is 6.61 Å². The lowest BCUT2D eigenvalue weighted by Crippen LogP contribution is -2.15. The Morgan fingerprint density at radius 1 is 1.59 bits per heavy atom. The molecule has 0 aromatic heterocycles. The molecule has 0 radical (unpaired) electrons. The number of ether oxygens (including phenoxy) is 2. The maximum Gasteiger partial charge on any atom is 0.344 e. The smallest absolute Gasteiger partial charge is 0.344 e. The zero-order valence-corrected chi connectivity index (χ0v) is 9.88. The molecule has 0 amide bonds. The van der Waals surface area contributed by atoms with Crippen LogP contribution < -0.4 is 16.0 Å². The number of hydrazine groups is 1. The molecule has 7 heteroatoms. The molecule has 0 aliphatic carbocycles. The van der Waals surface area contributed by atoms with Crippen LogP contribution >= 0.6 is 11.6 Å². The highest BCUT2D eigenvalue weighted by Crippen LogP contribution is 2.30. The zero-order valence-electron chi connectivity index (χ0n) is 9.13. The van der Waals surface area contributed by atoms with Crippen LogP contribution in [0.15, 0.2) is 12.1 Å². The Kier molecular flexibility index (Phi) is 4.99. The van der Waals surface area contributed by atoms with Crippen LogP contribution in [0.3, 0.4) is 0 Å². The van der Waals surface area contributed by atoms with E-state index in [0.717, 1.165) is 6.07 Å². The topological polar surface area (TPSA) is 73.6 Å². The van der Waals surface area contributed by atoms with Crippen molar-refractivity contribution in [2.75, 3.05) is 18.6 Å². The van der Waals surface area contributed by atoms with Crippen molar-refractivity contribution < 1.29 is 18.7 Å². The number of carbonyl (C=O) groups is 1. The van der Waals surface area contributed by atoms with Gasteiger partial charge in [-0.3, -0.25) is 5.84 Å². The van der Waals surface area contributed by atoms with E-state index < -0.39 is 11.8 Å². The summed E-state index contributed by atoms with van der Waals surface area (Å²) in [5, 5.41) is 0.0470. The SMILES string of the molecule is CCOC(=O)COc1cc(NN)c(F)cc1Cl. The first-order valence-corrected chi connectivity index (χ1v) is 5.20. The number of carbonyl (C=O) groups excluding carboxylic acids is 1. The first-order valence-electron chi connectivity index (χ1n) is 4.82. The van der Waals surface area contributed by atoms with Gasteiger partial charge < -0.3 is 14.9 Å². The molecule has 1 aromatic carbocycles. The van der Waals surface area contributed by atoms with Gasteiger partial charge in [-0.15, -0.1) is 0 Å². The summed E-state index contributed by atoms with van der Waals surface area (Å²) in [7, 11) is 0. The van der Waals surface area contributed by atoms with Crippen molar-refractivity contribution in [3.8, 4) is 5.75 Å². The van der Waals surface area contributed by atoms with E-state index in [1.165, 1.54) is 6.07 Å². The predicted molar refractivity (Wildman–Crippen MR) is 61.3 cm³/mol. The van der Waals surface area contributed by atoms with Gasteiger partial charge in [0.05, 0.1) is 17.3 Å². The van der Waals surface area contributed by atoms with Crippen LogP contribution in [0.2, 0.25) is 5.02 Å². The Bertz CT molecular complexity index is 415. The lowest BCUT2D eigenvalue weighted by molar-refractivity contribution is -0.145. The van der Waals surface area contributed by atoms with E-state index in [4.69, 9.17) is 22.2 Å². The van der Waals surface area contributed by atoms with Crippen molar-refractivity contribution in [3.05, 3.63) is 23.0 Å². The van der Waals surface area contributed by atoms with Gasteiger partial charge in [-0.05, 0) is 13.0 Å². The molecule has 0 atom stereocenters. The highest BCUT2D eigenvalue weighted by atomic mass is 35.5. The van der Waals surface area contributed by atoms with E-state index in [-0.39, 0.29) is 29.7 Å². The van der Waals surface area contributed by atoms with Crippen LogP contribution in [-0.2, 0) is 9.53 Å². The number of anilines is 1. The van der Waals surface area contributed by atoms with Crippen molar-refractivity contribution in [1.82, 2.24) is 0 Å². The molecule has 0 aliphatic rings. The Morgan fingerprint density at radius 2 is 2.29 bits per heavy atom. The minimum absolute atomic E-state index is 0.0215. The summed E-state index contributed by atoms with van der Waals surface area (Å²) in [5.74, 6) is 4.10. The van der Waals surface area contributed by atoms with Crippen molar-refractivity contribution in [1.29, 1.82) is 0 Å². The van der Waals surface area contributed by atoms with Crippen molar-refractivity contribution in [2.45, 2.75) is 6.92 Å². The fourth-order valence-corrected chi connectivity index (χ4v) is 1.29. The molecule has 0 fully saturated rings. The average Bonchev–Trinajstić information content (AvgIpc) is 2.28. The molecule has 0 heterocycles. The highest BCUT2D eigenvalue weighted by molar-refractivity contribution is 6.32. The summed E-state index contributed by atoms with van der Waals surface area (Å²) in [6.45, 7) is 1.64. The summed E-state index contributed by atoms with van der Waals surface area (Å²) in [5.41, 5.74) is 2.17. The van der Waals surface area contributed by atoms with Crippen molar-refractivity contribution in [3.63, 3.8) is 0 Å². The van der Waals surface area contributed by atoms with Crippen LogP contribution in [0, 0.1) is 5.82 Å². The summed E-state index contributed by atoms with van der Waals surface area (Å²) in [6.07, 6.45) is 0. The van der Waals surface area contributed by atoms with E-state index in [0.29, 0.717) is 0 Å². The molecule has 0 saturated carbocycles. The summed E-state index contributed by atoms with van der Waals surface area (Å²) < 4.78 is 22.9. The molecule has 94 valence electrons. The van der Waals surface area contributed by atoms with E-state index in [1.54, 1.807) is 6.92 Å². The number of esters is 1. The number of nitrogen functional groups attached to an aromatic ring is 1. The standard InChI is InChI=1S/C10H12ClFN2O3/c1-2-16-10(15)5-17-9-4-8(14-13)7(12)3-6(9)11/h3-4,14H,2,5,13H2,1H3. The van der Waals surface area contributed by atoms with Gasteiger partial charge in [-0.2, -0.15) is 0 Å². The number of hydrogen-bond acceptors (Lipinski definition) is 5. The molecule has 0 bridgehead atoms. The molecule has 1 aromatic rings. The Balaban J connectivity index is 2.74. The molecular weight excluding hydrogens is 251 g/mol. The lowest BCUT2D eigenvalue weighted by atomic mass is 10.3. The normalized spacial score (nSPS) is 9.88. The van der Waals surface area contributed by atoms with E-state index in [9.17, 15) is 9.18 Å². The largest absolute Gasteiger partial charge is 0.480 e. The second-order valence-electron chi connectivity index (χ2n) is 3.00. The van der Waals surface area contributed by atoms with E-state index in [2.05, 4.69) is 10.2 Å². The number of nitrogens with two attached hydrogens (primary N) is 1. The number of hydrogen-bond donors (Lipinski definition) is 2. The second kappa shape index (κ2) is 6.27. The van der Waals surface area contributed by atoms with Crippen LogP contribution in [0.4, 0.5) is 10.1 Å². The van der Waals surface area contributed by atoms with Crippen LogP contribution in [0.5, 0.6) is 5.75 Å². The van der Waals surface area contributed by atoms with E-state index in [1.807, 2.05) is 0 Å². The first-order chi connectivity index (χ1) is 8.08. The van der Waals surface area contributed by atoms with Crippen molar-refractivity contribution in [2.24, 2.45) is 5.84 Å². The first kappa shape index (κ1) is 13.5. The quantitative estimate of drug-likeness (QED) is 0.480. The number of benzene rings is 1. The maximum atomic E-state index is 13.2. The summed E-state index contributed by atoms with van der Waals surface area (Å²) >= 11 is 5.73. The molecule has 5 nitrogen and oxygen atoms in total. The number of rotatable bonds is 5. The van der Waals surface area contributed by atoms with Gasteiger partial charge in [0.2, 0.25) is 0 Å². The van der Waals surface area contributed by atoms with Crippen LogP contribution in [-0.4, -0.2) is 19.2 Å². The Hall–Kier alpha value is -1.53. The van der Waals surface area contributed by atoms with Gasteiger partial charge in [-0.25, -0.2) is 9.18 Å². The number of halogens is 2. The maximum absolute atomic E-state index is 13.2. The van der Waals surface area contributed by atoms with Crippen LogP contribution in [0.25, 0.3) is 0 Å². The molecule has 0 saturated heterocycles. The van der Waals surface area contributed by atoms with Gasteiger partial charge in [0, 0.05) is 6.07 Å². The fourth-order valence-electron chi connectivity index (χ4n) is 1.09. The van der Waals surface area contributed by atoms with Gasteiger partial charge in [0.25, 0.3) is 0 Å². The highest BCUT2D eigenvalue weighted by Gasteiger charge is 2.11. The Labute approximate surface area is 103 Å². The zero-order chi connectivity index (χ0) is 12.8. The monoisotopic (exact) mass is 262 g/mol. The minimum Gasteiger partial charge on any atom is -0.480 e. The third-order valence-corrected chi connectivity index (χ3v) is 2.12. The third kappa shape index (κ3) is 3.76. The second-order valence-corrected chi connectivity index (χ2v) is 3.41.